The molecular weight excluding hydrogens is 352 g/mol. The molecule has 28 heavy (non-hydrogen) atoms. The van der Waals surface area contributed by atoms with Gasteiger partial charge in [0.2, 0.25) is 6.23 Å². The zero-order valence-corrected chi connectivity index (χ0v) is 15.4. The zero-order chi connectivity index (χ0) is 19.1. The van der Waals surface area contributed by atoms with Crippen molar-refractivity contribution in [1.82, 2.24) is 5.01 Å². The first-order valence-electron chi connectivity index (χ1n) is 9.28. The summed E-state index contributed by atoms with van der Waals surface area (Å²) < 4.78 is 11.6. The van der Waals surface area contributed by atoms with E-state index in [-0.39, 0.29) is 11.8 Å². The molecule has 2 atom stereocenters. The summed E-state index contributed by atoms with van der Waals surface area (Å²) in [6.07, 6.45) is 0.423. The number of nitrogens with zero attached hydrogens (tertiary/aromatic N) is 2. The number of phenolic OH excluding ortho intramolecular Hbond substituents is 1. The zero-order valence-electron chi connectivity index (χ0n) is 15.4. The Morgan fingerprint density at radius 3 is 2.64 bits per heavy atom. The Labute approximate surface area is 163 Å². The molecule has 0 aromatic heterocycles. The predicted molar refractivity (Wildman–Crippen MR) is 107 cm³/mol. The van der Waals surface area contributed by atoms with Crippen LogP contribution in [-0.2, 0) is 0 Å². The van der Waals surface area contributed by atoms with Crippen LogP contribution >= 0.6 is 0 Å². The van der Waals surface area contributed by atoms with Crippen molar-refractivity contribution < 1.29 is 14.6 Å². The van der Waals surface area contributed by atoms with E-state index in [1.807, 2.05) is 47.5 Å². The largest absolute Gasteiger partial charge is 0.504 e. The summed E-state index contributed by atoms with van der Waals surface area (Å²) in [5, 5.41) is 16.9. The van der Waals surface area contributed by atoms with Crippen LogP contribution in [0.4, 0.5) is 0 Å². The minimum atomic E-state index is -0.393. The van der Waals surface area contributed by atoms with Crippen LogP contribution in [0.1, 0.15) is 35.4 Å². The van der Waals surface area contributed by atoms with Crippen molar-refractivity contribution in [2.75, 3.05) is 7.11 Å². The molecule has 2 aliphatic heterocycles. The van der Waals surface area contributed by atoms with Gasteiger partial charge in [-0.05, 0) is 29.8 Å². The minimum absolute atomic E-state index is 0.102. The number of phenols is 1. The van der Waals surface area contributed by atoms with E-state index in [1.54, 1.807) is 19.2 Å². The fraction of sp³-hybridized carbons (Fsp3) is 0.174. The van der Waals surface area contributed by atoms with Gasteiger partial charge in [-0.3, -0.25) is 0 Å². The number of benzene rings is 3. The van der Waals surface area contributed by atoms with Crippen molar-refractivity contribution in [3.8, 4) is 17.2 Å². The van der Waals surface area contributed by atoms with Gasteiger partial charge in [-0.2, -0.15) is 5.10 Å². The molecule has 3 aromatic carbocycles. The van der Waals surface area contributed by atoms with Crippen molar-refractivity contribution in [3.63, 3.8) is 0 Å². The molecule has 0 bridgehead atoms. The van der Waals surface area contributed by atoms with E-state index in [0.29, 0.717) is 5.75 Å². The van der Waals surface area contributed by atoms with Crippen molar-refractivity contribution in [3.05, 3.63) is 89.5 Å². The maximum Gasteiger partial charge on any atom is 0.214 e. The molecule has 2 aliphatic rings. The summed E-state index contributed by atoms with van der Waals surface area (Å²) in [5.74, 6) is 1.39. The van der Waals surface area contributed by atoms with Gasteiger partial charge in [-0.15, -0.1) is 0 Å². The van der Waals surface area contributed by atoms with Crippen LogP contribution in [0.3, 0.4) is 0 Å². The van der Waals surface area contributed by atoms with Gasteiger partial charge in [0.05, 0.1) is 18.9 Å². The van der Waals surface area contributed by atoms with E-state index in [1.165, 1.54) is 0 Å². The summed E-state index contributed by atoms with van der Waals surface area (Å²) in [5.41, 5.74) is 4.18. The van der Waals surface area contributed by atoms with Crippen LogP contribution in [0.25, 0.3) is 0 Å². The first-order chi connectivity index (χ1) is 13.7. The van der Waals surface area contributed by atoms with Gasteiger partial charge in [0, 0.05) is 17.5 Å². The Morgan fingerprint density at radius 1 is 1.04 bits per heavy atom. The third-order valence-electron chi connectivity index (χ3n) is 5.30. The van der Waals surface area contributed by atoms with Crippen molar-refractivity contribution in [1.29, 1.82) is 0 Å². The van der Waals surface area contributed by atoms with E-state index >= 15 is 0 Å². The van der Waals surface area contributed by atoms with Crippen LogP contribution in [0.5, 0.6) is 17.2 Å². The minimum Gasteiger partial charge on any atom is -0.504 e. The molecule has 1 N–H and O–H groups in total. The van der Waals surface area contributed by atoms with E-state index < -0.39 is 6.23 Å². The fourth-order valence-electron chi connectivity index (χ4n) is 3.91. The Balaban J connectivity index is 1.60. The van der Waals surface area contributed by atoms with Gasteiger partial charge in [0.15, 0.2) is 11.5 Å². The molecule has 0 amide bonds. The number of hydrazone groups is 1. The molecule has 140 valence electrons. The van der Waals surface area contributed by atoms with E-state index in [2.05, 4.69) is 18.2 Å². The quantitative estimate of drug-likeness (QED) is 0.728. The number of hydrogen-bond acceptors (Lipinski definition) is 5. The maximum absolute atomic E-state index is 9.96. The highest BCUT2D eigenvalue weighted by molar-refractivity contribution is 6.01. The molecule has 2 unspecified atom stereocenters. The monoisotopic (exact) mass is 372 g/mol. The van der Waals surface area contributed by atoms with Gasteiger partial charge < -0.3 is 14.6 Å². The standard InChI is InChI=1S/C23H20N2O3/c1-27-22-13-16(11-12-20(22)26)23-25-19(17-9-5-6-10-21(17)28-23)14-18(24-25)15-7-3-2-4-8-15/h2-13,19,23,26H,14H2,1H3. The van der Waals surface area contributed by atoms with Crippen LogP contribution in [0.15, 0.2) is 77.9 Å². The van der Waals surface area contributed by atoms with Gasteiger partial charge >= 0.3 is 0 Å². The molecule has 0 spiro atoms. The molecule has 3 aromatic rings. The Kier molecular flexibility index (Phi) is 3.93. The highest BCUT2D eigenvalue weighted by Gasteiger charge is 2.41. The van der Waals surface area contributed by atoms with Gasteiger partial charge in [0.25, 0.3) is 0 Å². The molecule has 0 fully saturated rings. The van der Waals surface area contributed by atoms with Crippen LogP contribution in [-0.4, -0.2) is 22.9 Å². The van der Waals surface area contributed by atoms with Crippen molar-refractivity contribution in [2.24, 2.45) is 5.10 Å². The number of ether oxygens (including phenoxy) is 2. The number of fused-ring (bicyclic) bond motifs is 3. The lowest BCUT2D eigenvalue weighted by atomic mass is 9.96. The predicted octanol–water partition coefficient (Wildman–Crippen LogP) is 4.64. The smallest absolute Gasteiger partial charge is 0.214 e. The molecule has 5 rings (SSSR count). The van der Waals surface area contributed by atoms with Crippen molar-refractivity contribution >= 4 is 5.71 Å². The van der Waals surface area contributed by atoms with Crippen molar-refractivity contribution in [2.45, 2.75) is 18.7 Å². The summed E-state index contributed by atoms with van der Waals surface area (Å²) >= 11 is 0. The van der Waals surface area contributed by atoms with Crippen LogP contribution in [0, 0.1) is 0 Å². The van der Waals surface area contributed by atoms with E-state index in [9.17, 15) is 5.11 Å². The highest BCUT2D eigenvalue weighted by atomic mass is 16.5. The Bertz CT molecular complexity index is 1050. The SMILES string of the molecule is COc1cc(C2Oc3ccccc3C3CC(c4ccccc4)=NN32)ccc1O. The van der Waals surface area contributed by atoms with Gasteiger partial charge in [-0.1, -0.05) is 48.5 Å². The number of para-hydroxylation sites is 1. The van der Waals surface area contributed by atoms with Crippen LogP contribution in [0.2, 0.25) is 0 Å². The average Bonchev–Trinajstić information content (AvgIpc) is 3.20. The first-order valence-corrected chi connectivity index (χ1v) is 9.28. The fourth-order valence-corrected chi connectivity index (χ4v) is 3.91. The normalized spacial score (nSPS) is 20.0. The van der Waals surface area contributed by atoms with E-state index in [0.717, 1.165) is 34.6 Å². The average molecular weight is 372 g/mol. The van der Waals surface area contributed by atoms with E-state index in [4.69, 9.17) is 14.6 Å². The second-order valence-electron chi connectivity index (χ2n) is 6.95. The Hall–Kier alpha value is -3.47. The summed E-state index contributed by atoms with van der Waals surface area (Å²) in [7, 11) is 1.54. The topological polar surface area (TPSA) is 54.3 Å². The second kappa shape index (κ2) is 6.60. The third kappa shape index (κ3) is 2.67. The maximum atomic E-state index is 9.96. The summed E-state index contributed by atoms with van der Waals surface area (Å²) in [6.45, 7) is 0. The molecule has 2 heterocycles. The highest BCUT2D eigenvalue weighted by Crippen LogP contribution is 2.48. The first kappa shape index (κ1) is 16.7. The number of methoxy groups -OCH3 is 1. The third-order valence-corrected chi connectivity index (χ3v) is 5.30. The summed E-state index contributed by atoms with van der Waals surface area (Å²) in [4.78, 5) is 0. The number of aromatic hydroxyl groups is 1. The number of hydrogen-bond donors (Lipinski definition) is 1. The lowest BCUT2D eigenvalue weighted by Gasteiger charge is -2.38. The lowest BCUT2D eigenvalue weighted by molar-refractivity contribution is -0.0191. The molecule has 0 aliphatic carbocycles. The Morgan fingerprint density at radius 2 is 1.82 bits per heavy atom. The lowest BCUT2D eigenvalue weighted by Crippen LogP contribution is -2.33. The molecular formula is C23H20N2O3. The molecule has 0 saturated carbocycles. The number of rotatable bonds is 3. The molecule has 5 heteroatoms. The summed E-state index contributed by atoms with van der Waals surface area (Å²) in [6, 6.07) is 23.7. The van der Waals surface area contributed by atoms with Gasteiger partial charge in [-0.25, -0.2) is 5.01 Å². The second-order valence-corrected chi connectivity index (χ2v) is 6.95. The van der Waals surface area contributed by atoms with Crippen LogP contribution < -0.4 is 9.47 Å². The molecule has 5 nitrogen and oxygen atoms in total. The molecule has 0 radical (unpaired) electrons. The molecule has 0 saturated heterocycles. The van der Waals surface area contributed by atoms with Gasteiger partial charge in [0.1, 0.15) is 5.75 Å².